The number of hydrogen-bond donors (Lipinski definition) is 1. The highest BCUT2D eigenvalue weighted by atomic mass is 32.1. The van der Waals surface area contributed by atoms with Gasteiger partial charge in [0.1, 0.15) is 13.2 Å². The molecule has 34 heavy (non-hydrogen) atoms. The molecule has 0 aliphatic carbocycles. The third kappa shape index (κ3) is 4.00. The molecule has 0 atom stereocenters. The van der Waals surface area contributed by atoms with Crippen LogP contribution < -0.4 is 14.8 Å². The lowest BCUT2D eigenvalue weighted by Crippen LogP contribution is -2.15. The summed E-state index contributed by atoms with van der Waals surface area (Å²) in [4.78, 5) is 18.4. The highest BCUT2D eigenvalue weighted by Gasteiger charge is 2.14. The number of amides is 1. The average Bonchev–Trinajstić information content (AvgIpc) is 3.33. The lowest BCUT2D eigenvalue weighted by molar-refractivity contribution is 0.103. The van der Waals surface area contributed by atoms with Crippen molar-refractivity contribution in [3.8, 4) is 34.0 Å². The van der Waals surface area contributed by atoms with Gasteiger partial charge in [0.2, 0.25) is 0 Å². The van der Waals surface area contributed by atoms with Crippen molar-refractivity contribution in [1.82, 2.24) is 4.98 Å². The van der Waals surface area contributed by atoms with Gasteiger partial charge in [-0.05, 0) is 60.0 Å². The molecule has 3 aromatic carbocycles. The van der Waals surface area contributed by atoms with E-state index in [9.17, 15) is 4.79 Å². The molecule has 0 spiro atoms. The van der Waals surface area contributed by atoms with Crippen LogP contribution in [0.1, 0.15) is 9.67 Å². The number of anilines is 1. The van der Waals surface area contributed by atoms with Gasteiger partial charge in [0.25, 0.3) is 5.91 Å². The van der Waals surface area contributed by atoms with E-state index in [0.29, 0.717) is 18.1 Å². The number of nitrogens with one attached hydrogen (secondary N) is 1. The topological polar surface area (TPSA) is 60.5 Å². The highest BCUT2D eigenvalue weighted by Crippen LogP contribution is 2.34. The third-order valence-corrected chi connectivity index (χ3v) is 6.77. The first-order chi connectivity index (χ1) is 16.7. The molecule has 0 fully saturated rings. The summed E-state index contributed by atoms with van der Waals surface area (Å²) in [5.74, 6) is 1.38. The Bertz CT molecular complexity index is 1490. The number of fused-ring (bicyclic) bond motifs is 2. The van der Waals surface area contributed by atoms with E-state index in [1.165, 1.54) is 11.3 Å². The van der Waals surface area contributed by atoms with Crippen LogP contribution in [0, 0.1) is 0 Å². The van der Waals surface area contributed by atoms with Gasteiger partial charge < -0.3 is 14.8 Å². The Labute approximate surface area is 200 Å². The Balaban J connectivity index is 1.26. The fraction of sp³-hybridized carbons (Fsp3) is 0.0714. The van der Waals surface area contributed by atoms with E-state index in [-0.39, 0.29) is 5.91 Å². The highest BCUT2D eigenvalue weighted by molar-refractivity contribution is 7.20. The van der Waals surface area contributed by atoms with Crippen LogP contribution >= 0.6 is 11.3 Å². The summed E-state index contributed by atoms with van der Waals surface area (Å²) in [5, 5.41) is 4.10. The summed E-state index contributed by atoms with van der Waals surface area (Å²) < 4.78 is 12.4. The minimum atomic E-state index is -0.115. The van der Waals surface area contributed by atoms with E-state index in [1.807, 2.05) is 91.0 Å². The first-order valence-electron chi connectivity index (χ1n) is 11.0. The largest absolute Gasteiger partial charge is 0.486 e. The van der Waals surface area contributed by atoms with Crippen molar-refractivity contribution >= 4 is 33.0 Å². The summed E-state index contributed by atoms with van der Waals surface area (Å²) in [7, 11) is 0. The summed E-state index contributed by atoms with van der Waals surface area (Å²) in [6.45, 7) is 1.11. The van der Waals surface area contributed by atoms with E-state index in [4.69, 9.17) is 14.5 Å². The van der Waals surface area contributed by atoms with Crippen LogP contribution in [0.25, 0.3) is 32.6 Å². The van der Waals surface area contributed by atoms with Crippen LogP contribution in [0.3, 0.4) is 0 Å². The van der Waals surface area contributed by atoms with Crippen LogP contribution in [-0.2, 0) is 0 Å². The number of thiophene rings is 1. The van der Waals surface area contributed by atoms with Crippen molar-refractivity contribution < 1.29 is 14.3 Å². The molecule has 2 aromatic heterocycles. The molecule has 0 saturated heterocycles. The van der Waals surface area contributed by atoms with Crippen LogP contribution in [0.2, 0.25) is 0 Å². The third-order valence-electron chi connectivity index (χ3n) is 5.65. The van der Waals surface area contributed by atoms with Gasteiger partial charge >= 0.3 is 0 Å². The van der Waals surface area contributed by atoms with Crippen molar-refractivity contribution in [2.45, 2.75) is 0 Å². The number of carbonyl (C=O) groups is 1. The SMILES string of the molecule is O=C(Nc1cccc(-c2cccc(-c3ccc4c(c3)OCCO4)n2)c1)c1cc2ccccc2s1. The molecular formula is C28H20N2O3S. The number of ether oxygens (including phenoxy) is 2. The molecule has 1 amide bonds. The van der Waals surface area contributed by atoms with Gasteiger partial charge in [-0.15, -0.1) is 11.3 Å². The lowest BCUT2D eigenvalue weighted by atomic mass is 10.1. The fourth-order valence-electron chi connectivity index (χ4n) is 4.00. The minimum absolute atomic E-state index is 0.115. The summed E-state index contributed by atoms with van der Waals surface area (Å²) in [5.41, 5.74) is 4.28. The molecule has 1 N–H and O–H groups in total. The molecule has 1 aliphatic rings. The van der Waals surface area contributed by atoms with Crippen molar-refractivity contribution in [3.63, 3.8) is 0 Å². The molecule has 166 valence electrons. The van der Waals surface area contributed by atoms with E-state index in [1.54, 1.807) is 0 Å². The Hall–Kier alpha value is -4.16. The average molecular weight is 465 g/mol. The molecule has 0 bridgehead atoms. The monoisotopic (exact) mass is 464 g/mol. The summed E-state index contributed by atoms with van der Waals surface area (Å²) in [6.07, 6.45) is 0. The maximum Gasteiger partial charge on any atom is 0.265 e. The predicted octanol–water partition coefficient (Wildman–Crippen LogP) is 6.65. The van der Waals surface area contributed by atoms with Gasteiger partial charge in [-0.1, -0.05) is 36.4 Å². The molecule has 3 heterocycles. The van der Waals surface area contributed by atoms with Gasteiger partial charge in [0.05, 0.1) is 16.3 Å². The lowest BCUT2D eigenvalue weighted by Gasteiger charge is -2.18. The number of carbonyl (C=O) groups excluding carboxylic acids is 1. The fourth-order valence-corrected chi connectivity index (χ4v) is 4.96. The van der Waals surface area contributed by atoms with E-state index in [2.05, 4.69) is 5.32 Å². The number of nitrogens with zero attached hydrogens (tertiary/aromatic N) is 1. The van der Waals surface area contributed by atoms with Crippen molar-refractivity contribution in [2.24, 2.45) is 0 Å². The van der Waals surface area contributed by atoms with Crippen LogP contribution in [0.4, 0.5) is 5.69 Å². The molecule has 0 radical (unpaired) electrons. The molecule has 5 nitrogen and oxygen atoms in total. The molecule has 5 aromatic rings. The Morgan fingerprint density at radius 2 is 1.53 bits per heavy atom. The normalized spacial score (nSPS) is 12.5. The second kappa shape index (κ2) is 8.65. The molecule has 6 rings (SSSR count). The molecule has 0 unspecified atom stereocenters. The van der Waals surface area contributed by atoms with Gasteiger partial charge in [-0.2, -0.15) is 0 Å². The molecular weight excluding hydrogens is 444 g/mol. The zero-order valence-electron chi connectivity index (χ0n) is 18.2. The standard InChI is InChI=1S/C28H20N2O3S/c31-28(27-17-20-5-1-2-10-26(20)34-27)29-21-7-3-6-18(15-21)22-8-4-9-23(30-22)19-11-12-24-25(16-19)33-14-13-32-24/h1-12,15-17H,13-14H2,(H,29,31). The van der Waals surface area contributed by atoms with E-state index >= 15 is 0 Å². The maximum atomic E-state index is 12.8. The first-order valence-corrected chi connectivity index (χ1v) is 11.8. The van der Waals surface area contributed by atoms with Gasteiger partial charge in [0.15, 0.2) is 11.5 Å². The summed E-state index contributed by atoms with van der Waals surface area (Å²) >= 11 is 1.49. The maximum absolute atomic E-state index is 12.8. The van der Waals surface area contributed by atoms with Crippen LogP contribution in [-0.4, -0.2) is 24.1 Å². The number of benzene rings is 3. The van der Waals surface area contributed by atoms with Crippen molar-refractivity contribution in [3.05, 3.63) is 95.9 Å². The number of rotatable bonds is 4. The zero-order chi connectivity index (χ0) is 22.9. The van der Waals surface area contributed by atoms with Gasteiger partial charge in [-0.25, -0.2) is 4.98 Å². The van der Waals surface area contributed by atoms with Crippen LogP contribution in [0.15, 0.2) is 91.0 Å². The smallest absolute Gasteiger partial charge is 0.265 e. The summed E-state index contributed by atoms with van der Waals surface area (Å²) in [6, 6.07) is 29.5. The predicted molar refractivity (Wildman–Crippen MR) is 136 cm³/mol. The van der Waals surface area contributed by atoms with Crippen molar-refractivity contribution in [1.29, 1.82) is 0 Å². The molecule has 1 aliphatic heterocycles. The number of aromatic nitrogens is 1. The van der Waals surface area contributed by atoms with Crippen LogP contribution in [0.5, 0.6) is 11.5 Å². The Morgan fingerprint density at radius 3 is 2.38 bits per heavy atom. The Kier molecular flexibility index (Phi) is 5.20. The second-order valence-electron chi connectivity index (χ2n) is 7.95. The molecule has 0 saturated carbocycles. The minimum Gasteiger partial charge on any atom is -0.486 e. The second-order valence-corrected chi connectivity index (χ2v) is 9.03. The number of pyridine rings is 1. The zero-order valence-corrected chi connectivity index (χ0v) is 19.0. The molecule has 6 heteroatoms. The van der Waals surface area contributed by atoms with Gasteiger partial charge in [-0.3, -0.25) is 4.79 Å². The van der Waals surface area contributed by atoms with Crippen molar-refractivity contribution in [2.75, 3.05) is 18.5 Å². The number of hydrogen-bond acceptors (Lipinski definition) is 5. The quantitative estimate of drug-likeness (QED) is 0.323. The Morgan fingerprint density at radius 1 is 0.765 bits per heavy atom. The van der Waals surface area contributed by atoms with E-state index in [0.717, 1.165) is 49.8 Å². The van der Waals surface area contributed by atoms with E-state index < -0.39 is 0 Å². The van der Waals surface area contributed by atoms with Gasteiger partial charge in [0, 0.05) is 21.5 Å². The first kappa shape index (κ1) is 20.4.